The molecule has 0 spiro atoms. The zero-order valence-electron chi connectivity index (χ0n) is 15.4. The van der Waals surface area contributed by atoms with Crippen molar-refractivity contribution in [1.82, 2.24) is 0 Å². The minimum Gasteiger partial charge on any atom is -0.465 e. The van der Waals surface area contributed by atoms with Gasteiger partial charge in [-0.05, 0) is 49.4 Å². The van der Waals surface area contributed by atoms with Gasteiger partial charge in [0.25, 0.3) is 5.91 Å². The average Bonchev–Trinajstić information content (AvgIpc) is 2.87. The van der Waals surface area contributed by atoms with Gasteiger partial charge in [0, 0.05) is 15.3 Å². The van der Waals surface area contributed by atoms with Gasteiger partial charge in [-0.25, -0.2) is 4.79 Å². The molecule has 1 aliphatic heterocycles. The Bertz CT molecular complexity index is 967. The van der Waals surface area contributed by atoms with E-state index in [1.807, 2.05) is 6.07 Å². The second-order valence-corrected chi connectivity index (χ2v) is 8.88. The molecule has 0 unspecified atom stereocenters. The molecule has 0 fully saturated rings. The zero-order valence-corrected chi connectivity index (χ0v) is 17.1. The molecule has 8 heteroatoms. The fourth-order valence-electron chi connectivity index (χ4n) is 3.55. The molecule has 146 valence electrons. The number of carbonyl (C=O) groups excluding carboxylic acids is 3. The fraction of sp³-hybridized carbons (Fsp3) is 0.350. The number of hydrogen-bond acceptors (Lipinski definition) is 6. The first-order valence-electron chi connectivity index (χ1n) is 9.17. The van der Waals surface area contributed by atoms with Crippen LogP contribution in [0.1, 0.15) is 50.4 Å². The van der Waals surface area contributed by atoms with Gasteiger partial charge in [-0.2, -0.15) is 0 Å². The maximum Gasteiger partial charge on any atom is 0.341 e. The number of aryl methyl sites for hydroxylation is 1. The summed E-state index contributed by atoms with van der Waals surface area (Å²) < 4.78 is 4.98. The molecule has 2 aromatic rings. The van der Waals surface area contributed by atoms with Crippen LogP contribution >= 0.6 is 23.1 Å². The average molecular weight is 417 g/mol. The van der Waals surface area contributed by atoms with Crippen molar-refractivity contribution in [1.29, 1.82) is 0 Å². The van der Waals surface area contributed by atoms with E-state index in [1.54, 1.807) is 12.1 Å². The summed E-state index contributed by atoms with van der Waals surface area (Å²) in [6.45, 7) is 0. The third kappa shape index (κ3) is 3.66. The normalized spacial score (nSPS) is 15.7. The third-order valence-corrected chi connectivity index (χ3v) is 7.19. The Morgan fingerprint density at radius 3 is 2.82 bits per heavy atom. The Morgan fingerprint density at radius 1 is 1.18 bits per heavy atom. The van der Waals surface area contributed by atoms with Crippen LogP contribution in [0.5, 0.6) is 0 Å². The molecule has 1 aromatic heterocycles. The molecule has 1 aliphatic carbocycles. The van der Waals surface area contributed by atoms with Crippen LogP contribution in [0.4, 0.5) is 10.7 Å². The molecular formula is C20H20N2O4S2. The summed E-state index contributed by atoms with van der Waals surface area (Å²) in [4.78, 5) is 39.0. The van der Waals surface area contributed by atoms with Gasteiger partial charge in [0.05, 0.1) is 24.1 Å². The van der Waals surface area contributed by atoms with Crippen molar-refractivity contribution < 1.29 is 19.1 Å². The molecule has 1 aromatic carbocycles. The Hall–Kier alpha value is -2.32. The quantitative estimate of drug-likeness (QED) is 0.581. The van der Waals surface area contributed by atoms with E-state index < -0.39 is 5.97 Å². The fourth-order valence-corrected chi connectivity index (χ4v) is 5.61. The summed E-state index contributed by atoms with van der Waals surface area (Å²) in [5.74, 6) is -0.426. The van der Waals surface area contributed by atoms with Crippen LogP contribution in [-0.2, 0) is 22.4 Å². The Balaban J connectivity index is 1.64. The molecule has 2 N–H and O–H groups in total. The molecule has 0 radical (unpaired) electrons. The molecule has 0 bridgehead atoms. The van der Waals surface area contributed by atoms with E-state index in [4.69, 9.17) is 4.74 Å². The van der Waals surface area contributed by atoms with Crippen molar-refractivity contribution in [3.63, 3.8) is 0 Å². The highest BCUT2D eigenvalue weighted by Gasteiger charge is 2.27. The SMILES string of the molecule is COC(=O)c1c(NC(=O)c2ccc3c(c2)NC(=O)CS3)sc2c1CCCCC2. The number of hydrogen-bond donors (Lipinski definition) is 2. The molecule has 28 heavy (non-hydrogen) atoms. The second kappa shape index (κ2) is 7.97. The molecule has 4 rings (SSSR count). The van der Waals surface area contributed by atoms with E-state index in [0.29, 0.717) is 27.6 Å². The number of thiophene rings is 1. The summed E-state index contributed by atoms with van der Waals surface area (Å²) in [5.41, 5.74) is 2.57. The number of methoxy groups -OCH3 is 1. The monoisotopic (exact) mass is 416 g/mol. The Morgan fingerprint density at radius 2 is 2.00 bits per heavy atom. The van der Waals surface area contributed by atoms with E-state index in [0.717, 1.165) is 47.4 Å². The standard InChI is InChI=1S/C20H20N2O4S2/c1-26-20(25)17-12-5-3-2-4-6-14(12)28-19(17)22-18(24)11-7-8-15-13(9-11)21-16(23)10-27-15/h7-9H,2-6,10H2,1H3,(H,21,23)(H,22,24). The largest absolute Gasteiger partial charge is 0.465 e. The summed E-state index contributed by atoms with van der Waals surface area (Å²) in [5, 5.41) is 6.23. The topological polar surface area (TPSA) is 84.5 Å². The summed E-state index contributed by atoms with van der Waals surface area (Å²) >= 11 is 2.91. The summed E-state index contributed by atoms with van der Waals surface area (Å²) in [7, 11) is 1.36. The molecule has 2 amide bonds. The predicted octanol–water partition coefficient (Wildman–Crippen LogP) is 4.10. The molecule has 6 nitrogen and oxygen atoms in total. The highest BCUT2D eigenvalue weighted by Crippen LogP contribution is 2.38. The first kappa shape index (κ1) is 19.0. The molecule has 0 saturated heterocycles. The summed E-state index contributed by atoms with van der Waals surface area (Å²) in [6.07, 6.45) is 5.01. The minimum atomic E-state index is -0.413. The lowest BCUT2D eigenvalue weighted by Gasteiger charge is -2.17. The van der Waals surface area contributed by atoms with Crippen LogP contribution < -0.4 is 10.6 Å². The van der Waals surface area contributed by atoms with Gasteiger partial charge in [-0.15, -0.1) is 23.1 Å². The number of amides is 2. The minimum absolute atomic E-state index is 0.0787. The third-order valence-electron chi connectivity index (χ3n) is 4.91. The maximum absolute atomic E-state index is 12.8. The van der Waals surface area contributed by atoms with E-state index in [-0.39, 0.29) is 11.8 Å². The molecular weight excluding hydrogens is 396 g/mol. The lowest BCUT2D eigenvalue weighted by Crippen LogP contribution is -2.20. The van der Waals surface area contributed by atoms with Gasteiger partial charge >= 0.3 is 5.97 Å². The lowest BCUT2D eigenvalue weighted by atomic mass is 10.1. The van der Waals surface area contributed by atoms with Gasteiger partial charge in [-0.3, -0.25) is 9.59 Å². The Kier molecular flexibility index (Phi) is 5.41. The van der Waals surface area contributed by atoms with Crippen molar-refractivity contribution in [2.24, 2.45) is 0 Å². The lowest BCUT2D eigenvalue weighted by molar-refractivity contribution is -0.113. The first-order chi connectivity index (χ1) is 13.6. The first-order valence-corrected chi connectivity index (χ1v) is 11.0. The van der Waals surface area contributed by atoms with Gasteiger partial charge in [0.1, 0.15) is 5.00 Å². The van der Waals surface area contributed by atoms with Gasteiger partial charge in [0.15, 0.2) is 0 Å². The number of anilines is 2. The van der Waals surface area contributed by atoms with Crippen LogP contribution in [0.25, 0.3) is 0 Å². The van der Waals surface area contributed by atoms with Crippen molar-refractivity contribution in [2.45, 2.75) is 37.0 Å². The number of esters is 1. The number of thioether (sulfide) groups is 1. The highest BCUT2D eigenvalue weighted by molar-refractivity contribution is 8.00. The van der Waals surface area contributed by atoms with Gasteiger partial charge < -0.3 is 15.4 Å². The zero-order chi connectivity index (χ0) is 19.7. The van der Waals surface area contributed by atoms with Crippen LogP contribution in [-0.4, -0.2) is 30.6 Å². The number of ether oxygens (including phenoxy) is 1. The Labute approximate surface area is 171 Å². The predicted molar refractivity (Wildman–Crippen MR) is 111 cm³/mol. The van der Waals surface area contributed by atoms with Crippen molar-refractivity contribution in [2.75, 3.05) is 23.5 Å². The summed E-state index contributed by atoms with van der Waals surface area (Å²) in [6, 6.07) is 5.24. The van der Waals surface area contributed by atoms with Crippen molar-refractivity contribution >= 4 is 51.6 Å². The van der Waals surface area contributed by atoms with Crippen LogP contribution in [0.15, 0.2) is 23.1 Å². The number of rotatable bonds is 3. The van der Waals surface area contributed by atoms with Crippen molar-refractivity contribution in [3.8, 4) is 0 Å². The van der Waals surface area contributed by atoms with Crippen LogP contribution in [0.3, 0.4) is 0 Å². The highest BCUT2D eigenvalue weighted by atomic mass is 32.2. The number of benzene rings is 1. The molecule has 2 aliphatic rings. The van der Waals surface area contributed by atoms with E-state index in [9.17, 15) is 14.4 Å². The maximum atomic E-state index is 12.8. The van der Waals surface area contributed by atoms with Crippen LogP contribution in [0.2, 0.25) is 0 Å². The van der Waals surface area contributed by atoms with E-state index in [1.165, 1.54) is 30.2 Å². The smallest absolute Gasteiger partial charge is 0.341 e. The molecule has 0 atom stereocenters. The number of nitrogens with one attached hydrogen (secondary N) is 2. The number of carbonyl (C=O) groups is 3. The second-order valence-electron chi connectivity index (χ2n) is 6.76. The van der Waals surface area contributed by atoms with E-state index >= 15 is 0 Å². The molecule has 2 heterocycles. The van der Waals surface area contributed by atoms with Crippen LogP contribution in [0, 0.1) is 0 Å². The van der Waals surface area contributed by atoms with Crippen molar-refractivity contribution in [3.05, 3.63) is 39.8 Å². The van der Waals surface area contributed by atoms with Gasteiger partial charge in [-0.1, -0.05) is 6.42 Å². The van der Waals surface area contributed by atoms with Gasteiger partial charge in [0.2, 0.25) is 5.91 Å². The number of fused-ring (bicyclic) bond motifs is 2. The molecule has 0 saturated carbocycles. The van der Waals surface area contributed by atoms with E-state index in [2.05, 4.69) is 10.6 Å².